The number of aliphatic hydroxyl groups is 3. The molecule has 3 fully saturated rings. The fourth-order valence-corrected chi connectivity index (χ4v) is 8.07. The lowest BCUT2D eigenvalue weighted by molar-refractivity contribution is -0.345. The number of fused-ring (bicyclic) bond motifs is 5. The first-order chi connectivity index (χ1) is 20.4. The first-order valence-corrected chi connectivity index (χ1v) is 14.6. The van der Waals surface area contributed by atoms with E-state index in [9.17, 15) is 34.5 Å². The van der Waals surface area contributed by atoms with Crippen LogP contribution in [-0.4, -0.2) is 94.1 Å². The van der Waals surface area contributed by atoms with E-state index < -0.39 is 88.3 Å². The lowest BCUT2D eigenvalue weighted by Gasteiger charge is -2.67. The number of ether oxygens (including phenoxy) is 5. The monoisotopic (exact) mass is 616 g/mol. The average molecular weight is 617 g/mol. The smallest absolute Gasteiger partial charge is 0.455 e. The molecule has 3 unspecified atom stereocenters. The van der Waals surface area contributed by atoms with Gasteiger partial charge in [0.15, 0.2) is 17.5 Å². The van der Waals surface area contributed by atoms with Gasteiger partial charge in [-0.2, -0.15) is 0 Å². The number of carbonyl (C=O) groups is 4. The Morgan fingerprint density at radius 3 is 2.20 bits per heavy atom. The van der Waals surface area contributed by atoms with Crippen molar-refractivity contribution in [1.29, 1.82) is 0 Å². The number of Topliss-reactive ketones (excluding diaryl/α,β-unsaturated/α-hetero) is 1. The molecular weight excluding hydrogens is 576 g/mol. The van der Waals surface area contributed by atoms with Gasteiger partial charge in [-0.3, -0.25) is 9.59 Å². The van der Waals surface area contributed by atoms with Crippen LogP contribution in [0, 0.1) is 16.7 Å². The van der Waals surface area contributed by atoms with E-state index in [1.807, 2.05) is 0 Å². The van der Waals surface area contributed by atoms with Crippen molar-refractivity contribution in [1.82, 2.24) is 0 Å². The molecule has 1 aromatic rings. The van der Waals surface area contributed by atoms with Gasteiger partial charge in [-0.05, 0) is 44.1 Å². The number of ketones is 1. The molecule has 1 heterocycles. The Labute approximate surface area is 255 Å². The van der Waals surface area contributed by atoms with Gasteiger partial charge in [0.1, 0.15) is 17.8 Å². The van der Waals surface area contributed by atoms with Crippen molar-refractivity contribution in [3.63, 3.8) is 0 Å². The van der Waals surface area contributed by atoms with E-state index >= 15 is 0 Å². The average Bonchev–Trinajstić information content (AvgIpc) is 2.94. The molecule has 3 aliphatic carbocycles. The predicted octanol–water partition coefficient (Wildman–Crippen LogP) is 2.26. The van der Waals surface area contributed by atoms with Gasteiger partial charge in [-0.25, -0.2) is 9.59 Å². The second kappa shape index (κ2) is 10.4. The molecule has 0 spiro atoms. The molecule has 0 radical (unpaired) electrons. The second-order valence-electron chi connectivity index (χ2n) is 13.4. The van der Waals surface area contributed by atoms with E-state index in [0.29, 0.717) is 0 Å². The zero-order valence-corrected chi connectivity index (χ0v) is 25.9. The number of rotatable bonds is 4. The Balaban J connectivity index is 1.86. The van der Waals surface area contributed by atoms with Gasteiger partial charge in [-0.1, -0.05) is 32.0 Å². The molecule has 12 heteroatoms. The van der Waals surface area contributed by atoms with E-state index in [1.165, 1.54) is 26.0 Å². The van der Waals surface area contributed by atoms with Crippen LogP contribution < -0.4 is 0 Å². The fourth-order valence-electron chi connectivity index (χ4n) is 8.07. The lowest BCUT2D eigenvalue weighted by Crippen LogP contribution is -2.82. The first-order valence-electron chi connectivity index (χ1n) is 14.6. The van der Waals surface area contributed by atoms with Crippen LogP contribution in [0.5, 0.6) is 0 Å². The van der Waals surface area contributed by atoms with E-state index in [4.69, 9.17) is 23.7 Å². The molecule has 4 aliphatic rings. The molecule has 0 amide bonds. The highest BCUT2D eigenvalue weighted by Gasteiger charge is 2.79. The molecule has 2 bridgehead atoms. The summed E-state index contributed by atoms with van der Waals surface area (Å²) >= 11 is 0. The topological polar surface area (TPSA) is 175 Å². The summed E-state index contributed by atoms with van der Waals surface area (Å²) in [5.41, 5.74) is -8.59. The minimum Gasteiger partial charge on any atom is -0.455 e. The third kappa shape index (κ3) is 4.33. The Morgan fingerprint density at radius 2 is 1.66 bits per heavy atom. The molecule has 3 N–H and O–H groups in total. The van der Waals surface area contributed by atoms with Crippen LogP contribution in [0.3, 0.4) is 0 Å². The molecule has 240 valence electrons. The van der Waals surface area contributed by atoms with Crippen molar-refractivity contribution in [3.8, 4) is 0 Å². The van der Waals surface area contributed by atoms with Gasteiger partial charge in [-0.15, -0.1) is 0 Å². The molecule has 0 aromatic heterocycles. The van der Waals surface area contributed by atoms with E-state index in [1.54, 1.807) is 39.0 Å². The fraction of sp³-hybridized carbons (Fsp3) is 0.625. The van der Waals surface area contributed by atoms with Gasteiger partial charge in [0.05, 0.1) is 42.3 Å². The second-order valence-corrected chi connectivity index (χ2v) is 13.4. The number of hydrogen-bond donors (Lipinski definition) is 3. The Kier molecular flexibility index (Phi) is 7.56. The van der Waals surface area contributed by atoms with Gasteiger partial charge in [0, 0.05) is 25.2 Å². The van der Waals surface area contributed by atoms with Crippen LogP contribution in [0.15, 0.2) is 41.5 Å². The first kappa shape index (κ1) is 32.1. The third-order valence-corrected chi connectivity index (χ3v) is 10.7. The Morgan fingerprint density at radius 1 is 1.02 bits per heavy atom. The predicted molar refractivity (Wildman–Crippen MR) is 151 cm³/mol. The maximum atomic E-state index is 14.9. The van der Waals surface area contributed by atoms with Crippen LogP contribution in [0.2, 0.25) is 0 Å². The summed E-state index contributed by atoms with van der Waals surface area (Å²) in [6.07, 6.45) is -7.46. The highest BCUT2D eigenvalue weighted by atomic mass is 16.8. The normalized spacial score (nSPS) is 40.7. The van der Waals surface area contributed by atoms with Crippen molar-refractivity contribution in [3.05, 3.63) is 47.0 Å². The molecule has 12 nitrogen and oxygen atoms in total. The van der Waals surface area contributed by atoms with E-state index in [0.717, 1.165) is 14.0 Å². The molecule has 2 saturated carbocycles. The number of methoxy groups -OCH3 is 1. The van der Waals surface area contributed by atoms with E-state index in [2.05, 4.69) is 0 Å². The molecule has 1 saturated heterocycles. The van der Waals surface area contributed by atoms with E-state index in [-0.39, 0.29) is 29.7 Å². The summed E-state index contributed by atoms with van der Waals surface area (Å²) in [6, 6.07) is 7.99. The highest BCUT2D eigenvalue weighted by molar-refractivity contribution is 5.95. The van der Waals surface area contributed by atoms with Crippen molar-refractivity contribution in [2.75, 3.05) is 13.7 Å². The van der Waals surface area contributed by atoms with Crippen LogP contribution in [0.1, 0.15) is 64.7 Å². The summed E-state index contributed by atoms with van der Waals surface area (Å²) in [6.45, 7) is 8.52. The summed E-state index contributed by atoms with van der Waals surface area (Å²) in [5, 5.41) is 36.6. The molecular formula is C32H40O12. The summed E-state index contributed by atoms with van der Waals surface area (Å²) in [7, 11) is 1.10. The van der Waals surface area contributed by atoms with Crippen molar-refractivity contribution >= 4 is 23.9 Å². The third-order valence-electron chi connectivity index (χ3n) is 10.7. The summed E-state index contributed by atoms with van der Waals surface area (Å²) in [4.78, 5) is 54.0. The van der Waals surface area contributed by atoms with Crippen LogP contribution >= 0.6 is 0 Å². The molecule has 9 atom stereocenters. The van der Waals surface area contributed by atoms with Gasteiger partial charge in [0.2, 0.25) is 0 Å². The highest BCUT2D eigenvalue weighted by Crippen LogP contribution is 2.65. The maximum Gasteiger partial charge on any atom is 0.508 e. The van der Waals surface area contributed by atoms with Crippen molar-refractivity contribution < 1.29 is 58.2 Å². The lowest BCUT2D eigenvalue weighted by atomic mass is 9.44. The molecule has 5 rings (SSSR count). The zero-order chi connectivity index (χ0) is 32.6. The largest absolute Gasteiger partial charge is 0.508 e. The van der Waals surface area contributed by atoms with Crippen molar-refractivity contribution in [2.24, 2.45) is 16.7 Å². The van der Waals surface area contributed by atoms with Gasteiger partial charge < -0.3 is 39.0 Å². The number of aliphatic hydroxyl groups excluding tert-OH is 1. The van der Waals surface area contributed by atoms with Gasteiger partial charge in [0.25, 0.3) is 0 Å². The quantitative estimate of drug-likeness (QED) is 0.256. The van der Waals surface area contributed by atoms with Gasteiger partial charge >= 0.3 is 18.1 Å². The number of carbonyl (C=O) groups excluding carboxylic acids is 4. The van der Waals surface area contributed by atoms with Crippen LogP contribution in [0.4, 0.5) is 4.79 Å². The number of hydrogen-bond acceptors (Lipinski definition) is 12. The number of esters is 2. The SMILES string of the molecule is COC(=O)O[C@@]12CO[C@@H]1CC(O)[C@@]1(C)C(=O)[C@H](OC(C)=O)C3=C(C)[C@](C)(O)C[C@@](O)(C(OC(=O)c4ccccc4)C12)C3(C)C. The standard InChI is InChI=1S/C32H40O12/c1-16-21-22(42-17(2)33)24(35)30(6)19(34)13-20-31(15-41-20,44-27(37)40-7)23(30)25(43-26(36)18-11-9-8-10-12-18)32(39,28(21,3)4)14-29(16,5)38/h8-12,19-20,22-23,25,34,38-39H,13-15H2,1-7H3/t19?,20-,22-,23?,25?,29-,30-,31+,32-/m1/s1. The van der Waals surface area contributed by atoms with Crippen LogP contribution in [-0.2, 0) is 33.3 Å². The minimum absolute atomic E-state index is 0.124. The molecule has 1 aliphatic heterocycles. The van der Waals surface area contributed by atoms with Crippen LogP contribution in [0.25, 0.3) is 0 Å². The number of benzene rings is 1. The minimum atomic E-state index is -2.19. The maximum absolute atomic E-state index is 14.9. The zero-order valence-electron chi connectivity index (χ0n) is 25.9. The summed E-state index contributed by atoms with van der Waals surface area (Å²) in [5.74, 6) is -3.90. The summed E-state index contributed by atoms with van der Waals surface area (Å²) < 4.78 is 28.4. The molecule has 44 heavy (non-hydrogen) atoms. The van der Waals surface area contributed by atoms with Crippen molar-refractivity contribution in [2.45, 2.75) is 95.6 Å². The Hall–Kier alpha value is -3.32. The Bertz CT molecular complexity index is 1420. The molecule has 1 aromatic carbocycles.